The predicted octanol–water partition coefficient (Wildman–Crippen LogP) is 1.53. The van der Waals surface area contributed by atoms with E-state index in [1.807, 2.05) is 0 Å². The van der Waals surface area contributed by atoms with Gasteiger partial charge < -0.3 is 14.5 Å². The van der Waals surface area contributed by atoms with Gasteiger partial charge in [-0.3, -0.25) is 0 Å². The van der Waals surface area contributed by atoms with Crippen LogP contribution in [0.1, 0.15) is 30.7 Å². The molecular weight excluding hydrogens is 192 g/mol. The molecule has 0 aliphatic heterocycles. The highest BCUT2D eigenvalue weighted by atomic mass is 16.5. The first-order chi connectivity index (χ1) is 7.33. The van der Waals surface area contributed by atoms with Crippen molar-refractivity contribution in [2.75, 3.05) is 20.3 Å². The fraction of sp³-hybridized carbons (Fsp3) is 0.727. The molecule has 0 saturated heterocycles. The van der Waals surface area contributed by atoms with Crippen LogP contribution in [0.5, 0.6) is 0 Å². The van der Waals surface area contributed by atoms with Gasteiger partial charge in [0, 0.05) is 26.1 Å². The van der Waals surface area contributed by atoms with E-state index in [1.165, 1.54) is 6.42 Å². The molecule has 15 heavy (non-hydrogen) atoms. The molecule has 1 N–H and O–H groups in total. The van der Waals surface area contributed by atoms with Crippen LogP contribution in [-0.2, 0) is 11.3 Å². The molecule has 2 unspecified atom stereocenters. The molecule has 0 bridgehead atoms. The first-order valence-corrected chi connectivity index (χ1v) is 5.45. The average Bonchev–Trinajstić information content (AvgIpc) is 2.79. The summed E-state index contributed by atoms with van der Waals surface area (Å²) in [6, 6.07) is 0. The van der Waals surface area contributed by atoms with E-state index in [9.17, 15) is 0 Å². The van der Waals surface area contributed by atoms with Gasteiger partial charge in [0.1, 0.15) is 5.76 Å². The Bertz CT molecular complexity index is 311. The summed E-state index contributed by atoms with van der Waals surface area (Å²) in [5.41, 5.74) is 1.06. The van der Waals surface area contributed by atoms with Crippen molar-refractivity contribution in [2.45, 2.75) is 25.8 Å². The van der Waals surface area contributed by atoms with Crippen molar-refractivity contribution >= 4 is 0 Å². The third-order valence-corrected chi connectivity index (χ3v) is 2.89. The standard InChI is InChI=1S/C11H18N2O2/c1-8-5-9(8)11-10(13-7-15-11)6-12-3-4-14-2/h7-9,12H,3-6H2,1-2H3. The summed E-state index contributed by atoms with van der Waals surface area (Å²) in [6.07, 6.45) is 2.79. The number of rotatable bonds is 6. The molecule has 0 radical (unpaired) electrons. The van der Waals surface area contributed by atoms with Crippen molar-refractivity contribution < 1.29 is 9.15 Å². The molecule has 84 valence electrons. The molecule has 1 aliphatic carbocycles. The molecule has 4 heteroatoms. The van der Waals surface area contributed by atoms with Gasteiger partial charge in [0.05, 0.1) is 12.3 Å². The van der Waals surface area contributed by atoms with Crippen LogP contribution in [0.3, 0.4) is 0 Å². The highest BCUT2D eigenvalue weighted by Crippen LogP contribution is 2.47. The maximum atomic E-state index is 5.43. The minimum atomic E-state index is 0.603. The Balaban J connectivity index is 1.83. The second-order valence-electron chi connectivity index (χ2n) is 4.15. The maximum absolute atomic E-state index is 5.43. The van der Waals surface area contributed by atoms with Gasteiger partial charge in [0.15, 0.2) is 6.39 Å². The fourth-order valence-corrected chi connectivity index (χ4v) is 1.78. The van der Waals surface area contributed by atoms with E-state index in [0.717, 1.165) is 37.1 Å². The zero-order valence-electron chi connectivity index (χ0n) is 9.32. The molecule has 1 aromatic rings. The van der Waals surface area contributed by atoms with E-state index in [2.05, 4.69) is 17.2 Å². The highest BCUT2D eigenvalue weighted by molar-refractivity contribution is 5.19. The van der Waals surface area contributed by atoms with Crippen molar-refractivity contribution in [1.82, 2.24) is 10.3 Å². The number of hydrogen-bond donors (Lipinski definition) is 1. The van der Waals surface area contributed by atoms with Gasteiger partial charge in [-0.15, -0.1) is 0 Å². The number of methoxy groups -OCH3 is 1. The second kappa shape index (κ2) is 4.77. The third kappa shape index (κ3) is 2.58. The van der Waals surface area contributed by atoms with Crippen LogP contribution >= 0.6 is 0 Å². The van der Waals surface area contributed by atoms with Crippen LogP contribution in [0.25, 0.3) is 0 Å². The van der Waals surface area contributed by atoms with Crippen molar-refractivity contribution in [3.8, 4) is 0 Å². The number of hydrogen-bond acceptors (Lipinski definition) is 4. The Kier molecular flexibility index (Phi) is 3.38. The molecule has 0 spiro atoms. The molecule has 2 rings (SSSR count). The van der Waals surface area contributed by atoms with E-state index in [-0.39, 0.29) is 0 Å². The van der Waals surface area contributed by atoms with Gasteiger partial charge in [-0.05, 0) is 12.3 Å². The number of oxazole rings is 1. The summed E-state index contributed by atoms with van der Waals surface area (Å²) in [6.45, 7) is 4.60. The van der Waals surface area contributed by atoms with Gasteiger partial charge in [-0.1, -0.05) is 6.92 Å². The number of aromatic nitrogens is 1. The number of nitrogens with zero attached hydrogens (tertiary/aromatic N) is 1. The molecule has 1 aromatic heterocycles. The molecule has 1 saturated carbocycles. The lowest BCUT2D eigenvalue weighted by molar-refractivity contribution is 0.199. The average molecular weight is 210 g/mol. The Morgan fingerprint density at radius 2 is 2.47 bits per heavy atom. The Labute approximate surface area is 90.0 Å². The number of nitrogens with one attached hydrogen (secondary N) is 1. The summed E-state index contributed by atoms with van der Waals surface area (Å²) in [5, 5.41) is 3.28. The lowest BCUT2D eigenvalue weighted by atomic mass is 10.2. The smallest absolute Gasteiger partial charge is 0.181 e. The van der Waals surface area contributed by atoms with Crippen LogP contribution < -0.4 is 5.32 Å². The molecular formula is C11H18N2O2. The maximum Gasteiger partial charge on any atom is 0.181 e. The highest BCUT2D eigenvalue weighted by Gasteiger charge is 2.38. The second-order valence-corrected chi connectivity index (χ2v) is 4.15. The zero-order valence-corrected chi connectivity index (χ0v) is 9.32. The minimum absolute atomic E-state index is 0.603. The summed E-state index contributed by atoms with van der Waals surface area (Å²) >= 11 is 0. The molecule has 1 fully saturated rings. The zero-order chi connectivity index (χ0) is 10.7. The van der Waals surface area contributed by atoms with E-state index >= 15 is 0 Å². The van der Waals surface area contributed by atoms with Gasteiger partial charge in [0.2, 0.25) is 0 Å². The van der Waals surface area contributed by atoms with Gasteiger partial charge in [-0.25, -0.2) is 4.98 Å². The lowest BCUT2D eigenvalue weighted by Gasteiger charge is -2.02. The predicted molar refractivity (Wildman–Crippen MR) is 56.6 cm³/mol. The minimum Gasteiger partial charge on any atom is -0.448 e. The quantitative estimate of drug-likeness (QED) is 0.723. The molecule has 4 nitrogen and oxygen atoms in total. The third-order valence-electron chi connectivity index (χ3n) is 2.89. The van der Waals surface area contributed by atoms with Gasteiger partial charge in [-0.2, -0.15) is 0 Å². The molecule has 2 atom stereocenters. The van der Waals surface area contributed by atoms with Crippen LogP contribution in [-0.4, -0.2) is 25.2 Å². The van der Waals surface area contributed by atoms with Crippen LogP contribution in [0, 0.1) is 5.92 Å². The van der Waals surface area contributed by atoms with Gasteiger partial charge >= 0.3 is 0 Å². The monoisotopic (exact) mass is 210 g/mol. The van der Waals surface area contributed by atoms with E-state index in [4.69, 9.17) is 9.15 Å². The Morgan fingerprint density at radius 3 is 3.13 bits per heavy atom. The van der Waals surface area contributed by atoms with E-state index in [0.29, 0.717) is 5.92 Å². The first-order valence-electron chi connectivity index (χ1n) is 5.45. The number of ether oxygens (including phenoxy) is 1. The van der Waals surface area contributed by atoms with E-state index < -0.39 is 0 Å². The summed E-state index contributed by atoms with van der Waals surface area (Å²) in [5.74, 6) is 2.44. The van der Waals surface area contributed by atoms with Gasteiger partial charge in [0.25, 0.3) is 0 Å². The van der Waals surface area contributed by atoms with Crippen molar-refractivity contribution in [3.05, 3.63) is 17.8 Å². The molecule has 1 aliphatic rings. The molecule has 0 aromatic carbocycles. The van der Waals surface area contributed by atoms with Crippen molar-refractivity contribution in [3.63, 3.8) is 0 Å². The fourth-order valence-electron chi connectivity index (χ4n) is 1.78. The van der Waals surface area contributed by atoms with Crippen molar-refractivity contribution in [1.29, 1.82) is 0 Å². The summed E-state index contributed by atoms with van der Waals surface area (Å²) in [7, 11) is 1.70. The molecule has 1 heterocycles. The largest absolute Gasteiger partial charge is 0.448 e. The normalized spacial score (nSPS) is 24.4. The Morgan fingerprint density at radius 1 is 1.67 bits per heavy atom. The Hall–Kier alpha value is -0.870. The van der Waals surface area contributed by atoms with Crippen LogP contribution in [0.2, 0.25) is 0 Å². The topological polar surface area (TPSA) is 47.3 Å². The van der Waals surface area contributed by atoms with Crippen LogP contribution in [0.4, 0.5) is 0 Å². The lowest BCUT2D eigenvalue weighted by Crippen LogP contribution is -2.19. The van der Waals surface area contributed by atoms with Crippen molar-refractivity contribution in [2.24, 2.45) is 5.92 Å². The van der Waals surface area contributed by atoms with E-state index in [1.54, 1.807) is 13.5 Å². The first kappa shape index (κ1) is 10.6. The SMILES string of the molecule is COCCNCc1ncoc1C1CC1C. The van der Waals surface area contributed by atoms with Crippen LogP contribution in [0.15, 0.2) is 10.8 Å². The summed E-state index contributed by atoms with van der Waals surface area (Å²) in [4.78, 5) is 4.24. The summed E-state index contributed by atoms with van der Waals surface area (Å²) < 4.78 is 10.4. The molecule has 0 amide bonds.